The van der Waals surface area contributed by atoms with Gasteiger partial charge in [-0.1, -0.05) is 36.4 Å². The minimum atomic E-state index is 0.0616. The molecule has 1 fully saturated rings. The van der Waals surface area contributed by atoms with Gasteiger partial charge in [-0.25, -0.2) is 9.67 Å². The Balaban J connectivity index is 1.44. The number of benzene rings is 1. The first-order chi connectivity index (χ1) is 15.1. The lowest BCUT2D eigenvalue weighted by Gasteiger charge is -2.40. The third kappa shape index (κ3) is 5.19. The number of aromatic nitrogens is 3. The monoisotopic (exact) mass is 437 g/mol. The van der Waals surface area contributed by atoms with Gasteiger partial charge < -0.3 is 9.80 Å². The molecule has 1 aromatic carbocycles. The highest BCUT2D eigenvalue weighted by molar-refractivity contribution is 7.12. The maximum absolute atomic E-state index is 13.1. The molecule has 0 radical (unpaired) electrons. The number of thiophene rings is 1. The van der Waals surface area contributed by atoms with Crippen molar-refractivity contribution in [1.29, 1.82) is 0 Å². The van der Waals surface area contributed by atoms with Crippen LogP contribution in [0.4, 0.5) is 0 Å². The summed E-state index contributed by atoms with van der Waals surface area (Å²) in [6.07, 6.45) is 5.57. The molecule has 1 saturated heterocycles. The Hall–Kier alpha value is -3.00. The predicted molar refractivity (Wildman–Crippen MR) is 120 cm³/mol. The molecule has 0 saturated carbocycles. The minimum absolute atomic E-state index is 0.0616. The highest BCUT2D eigenvalue weighted by Crippen LogP contribution is 2.28. The van der Waals surface area contributed by atoms with Crippen molar-refractivity contribution >= 4 is 23.2 Å². The summed E-state index contributed by atoms with van der Waals surface area (Å²) in [6, 6.07) is 14.2. The molecule has 1 atom stereocenters. The molecule has 0 bridgehead atoms. The quantitative estimate of drug-likeness (QED) is 0.570. The zero-order valence-corrected chi connectivity index (χ0v) is 18.4. The van der Waals surface area contributed by atoms with Crippen LogP contribution in [0.15, 0.2) is 60.5 Å². The molecule has 7 nitrogen and oxygen atoms in total. The zero-order valence-electron chi connectivity index (χ0n) is 17.6. The molecule has 4 rings (SSSR count). The topological polar surface area (TPSA) is 71.3 Å². The van der Waals surface area contributed by atoms with Crippen LogP contribution in [-0.2, 0) is 17.8 Å². The van der Waals surface area contributed by atoms with Crippen LogP contribution in [-0.4, -0.2) is 62.6 Å². The maximum Gasteiger partial charge on any atom is 0.263 e. The van der Waals surface area contributed by atoms with Crippen molar-refractivity contribution in [2.75, 3.05) is 20.1 Å². The van der Waals surface area contributed by atoms with Crippen LogP contribution >= 0.6 is 11.3 Å². The van der Waals surface area contributed by atoms with Crippen LogP contribution in [0.3, 0.4) is 0 Å². The SMILES string of the molecule is CN(C(=O)c1cccs1)C(Cc1ccccc1)C1CCN(C(=O)Cn2cncn2)CC1. The number of likely N-dealkylation sites (N-methyl/N-ethyl adjacent to an activating group) is 1. The van der Waals surface area contributed by atoms with Crippen LogP contribution in [0.2, 0.25) is 0 Å². The summed E-state index contributed by atoms with van der Waals surface area (Å²) in [7, 11) is 1.91. The third-order valence-corrected chi connectivity index (χ3v) is 6.90. The first kappa shape index (κ1) is 21.2. The molecule has 0 aliphatic carbocycles. The fourth-order valence-corrected chi connectivity index (χ4v) is 4.99. The Labute approximate surface area is 186 Å². The Bertz CT molecular complexity index is 967. The van der Waals surface area contributed by atoms with E-state index in [0.29, 0.717) is 19.0 Å². The van der Waals surface area contributed by atoms with Crippen molar-refractivity contribution in [3.63, 3.8) is 0 Å². The summed E-state index contributed by atoms with van der Waals surface area (Å²) in [5.74, 6) is 0.469. The number of likely N-dealkylation sites (tertiary alicyclic amines) is 1. The predicted octanol–water partition coefficient (Wildman–Crippen LogP) is 2.96. The van der Waals surface area contributed by atoms with Crippen molar-refractivity contribution in [2.24, 2.45) is 5.92 Å². The number of nitrogens with zero attached hydrogens (tertiary/aromatic N) is 5. The number of hydrogen-bond acceptors (Lipinski definition) is 5. The van der Waals surface area contributed by atoms with Crippen LogP contribution in [0, 0.1) is 5.92 Å². The van der Waals surface area contributed by atoms with Gasteiger partial charge in [-0.15, -0.1) is 11.3 Å². The van der Waals surface area contributed by atoms with E-state index in [1.54, 1.807) is 11.0 Å². The van der Waals surface area contributed by atoms with Crippen LogP contribution < -0.4 is 0 Å². The molecule has 0 spiro atoms. The van der Waals surface area contributed by atoms with E-state index in [0.717, 1.165) is 24.1 Å². The maximum atomic E-state index is 13.1. The van der Waals surface area contributed by atoms with E-state index in [1.165, 1.54) is 23.2 Å². The van der Waals surface area contributed by atoms with Crippen molar-refractivity contribution in [3.05, 3.63) is 70.9 Å². The lowest BCUT2D eigenvalue weighted by molar-refractivity contribution is -0.133. The second-order valence-electron chi connectivity index (χ2n) is 7.96. The van der Waals surface area contributed by atoms with Gasteiger partial charge in [0.1, 0.15) is 19.2 Å². The summed E-state index contributed by atoms with van der Waals surface area (Å²) in [5, 5.41) is 5.96. The molecule has 2 amide bonds. The van der Waals surface area contributed by atoms with E-state index < -0.39 is 0 Å². The lowest BCUT2D eigenvalue weighted by Crippen LogP contribution is -2.48. The summed E-state index contributed by atoms with van der Waals surface area (Å²) < 4.78 is 1.56. The van der Waals surface area contributed by atoms with Gasteiger partial charge >= 0.3 is 0 Å². The molecule has 0 N–H and O–H groups in total. The second-order valence-corrected chi connectivity index (χ2v) is 8.91. The van der Waals surface area contributed by atoms with Gasteiger partial charge in [0.15, 0.2) is 0 Å². The van der Waals surface area contributed by atoms with Crippen LogP contribution in [0.1, 0.15) is 28.1 Å². The number of carbonyl (C=O) groups is 2. The lowest BCUT2D eigenvalue weighted by atomic mass is 9.85. The fraction of sp³-hybridized carbons (Fsp3) is 0.391. The molecule has 1 unspecified atom stereocenters. The van der Waals surface area contributed by atoms with E-state index in [4.69, 9.17) is 0 Å². The van der Waals surface area contributed by atoms with E-state index in [9.17, 15) is 9.59 Å². The summed E-state index contributed by atoms with van der Waals surface area (Å²) in [5.41, 5.74) is 1.23. The second kappa shape index (κ2) is 9.87. The first-order valence-electron chi connectivity index (χ1n) is 10.6. The normalized spacial score (nSPS) is 15.6. The van der Waals surface area contributed by atoms with E-state index in [-0.39, 0.29) is 24.4 Å². The van der Waals surface area contributed by atoms with Gasteiger partial charge in [0.25, 0.3) is 5.91 Å². The van der Waals surface area contributed by atoms with Gasteiger partial charge in [0.05, 0.1) is 4.88 Å². The molecule has 1 aliphatic heterocycles. The third-order valence-electron chi connectivity index (χ3n) is 6.04. The zero-order chi connectivity index (χ0) is 21.6. The van der Waals surface area contributed by atoms with Crippen LogP contribution in [0.25, 0.3) is 0 Å². The van der Waals surface area contributed by atoms with E-state index in [1.807, 2.05) is 52.6 Å². The molecular formula is C23H27N5O2S. The highest BCUT2D eigenvalue weighted by Gasteiger charge is 2.33. The number of carbonyl (C=O) groups excluding carboxylic acids is 2. The van der Waals surface area contributed by atoms with E-state index >= 15 is 0 Å². The van der Waals surface area contributed by atoms with Crippen molar-refractivity contribution in [1.82, 2.24) is 24.6 Å². The van der Waals surface area contributed by atoms with Gasteiger partial charge in [-0.05, 0) is 42.2 Å². The largest absolute Gasteiger partial charge is 0.341 e. The molecule has 3 heterocycles. The number of hydrogen-bond donors (Lipinski definition) is 0. The molecule has 31 heavy (non-hydrogen) atoms. The Morgan fingerprint density at radius 1 is 1.16 bits per heavy atom. The Kier molecular flexibility index (Phi) is 6.76. The van der Waals surface area contributed by atoms with Crippen LogP contribution in [0.5, 0.6) is 0 Å². The highest BCUT2D eigenvalue weighted by atomic mass is 32.1. The van der Waals surface area contributed by atoms with Gasteiger partial charge in [-0.2, -0.15) is 5.10 Å². The fourth-order valence-electron chi connectivity index (χ4n) is 4.29. The van der Waals surface area contributed by atoms with Crippen molar-refractivity contribution in [3.8, 4) is 0 Å². The van der Waals surface area contributed by atoms with Gasteiger partial charge in [0, 0.05) is 26.2 Å². The van der Waals surface area contributed by atoms with Crippen molar-refractivity contribution in [2.45, 2.75) is 31.8 Å². The number of amides is 2. The number of piperidine rings is 1. The average Bonchev–Trinajstić information content (AvgIpc) is 3.52. The number of rotatable bonds is 7. The van der Waals surface area contributed by atoms with Gasteiger partial charge in [-0.3, -0.25) is 9.59 Å². The summed E-state index contributed by atoms with van der Waals surface area (Å²) >= 11 is 1.48. The summed E-state index contributed by atoms with van der Waals surface area (Å²) in [6.45, 7) is 1.61. The Morgan fingerprint density at radius 3 is 2.58 bits per heavy atom. The standard InChI is InChI=1S/C23H27N5O2S/c1-26(23(30)21-8-5-13-31-21)20(14-18-6-3-2-4-7-18)19-9-11-27(12-10-19)22(29)15-28-17-24-16-25-28/h2-8,13,16-17,19-20H,9-12,14-15H2,1H3. The summed E-state index contributed by atoms with van der Waals surface area (Å²) in [4.78, 5) is 34.2. The minimum Gasteiger partial charge on any atom is -0.341 e. The molecule has 162 valence electrons. The molecule has 2 aromatic heterocycles. The van der Waals surface area contributed by atoms with Gasteiger partial charge in [0.2, 0.25) is 5.91 Å². The molecule has 1 aliphatic rings. The van der Waals surface area contributed by atoms with Crippen molar-refractivity contribution < 1.29 is 9.59 Å². The Morgan fingerprint density at radius 2 is 1.94 bits per heavy atom. The first-order valence-corrected chi connectivity index (χ1v) is 11.4. The average molecular weight is 438 g/mol. The van der Waals surface area contributed by atoms with E-state index in [2.05, 4.69) is 22.2 Å². The molecule has 3 aromatic rings. The smallest absolute Gasteiger partial charge is 0.263 e. The molecule has 8 heteroatoms. The molecular weight excluding hydrogens is 410 g/mol.